The molecule has 88 valence electrons. The molecule has 0 atom stereocenters. The molecule has 1 heterocycles. The van der Waals surface area contributed by atoms with Crippen molar-refractivity contribution >= 4 is 17.6 Å². The third-order valence-electron chi connectivity index (χ3n) is 2.16. The van der Waals surface area contributed by atoms with Crippen molar-refractivity contribution in [1.29, 1.82) is 0 Å². The van der Waals surface area contributed by atoms with Gasteiger partial charge in [0.1, 0.15) is 16.6 Å². The number of benzene rings is 1. The zero-order chi connectivity index (χ0) is 12.1. The van der Waals surface area contributed by atoms with E-state index in [4.69, 9.17) is 10.6 Å². The second-order valence-corrected chi connectivity index (χ2v) is 4.32. The number of nitrogens with two attached hydrogens (primary N) is 1. The van der Waals surface area contributed by atoms with E-state index in [0.717, 1.165) is 15.7 Å². The molecule has 0 aliphatic heterocycles. The largest absolute Gasteiger partial charge is 0.496 e. The molecule has 17 heavy (non-hydrogen) atoms. The number of ether oxygens (including phenoxy) is 1. The van der Waals surface area contributed by atoms with Gasteiger partial charge in [-0.2, -0.15) is 0 Å². The summed E-state index contributed by atoms with van der Waals surface area (Å²) in [6.45, 7) is 0. The molecule has 1 aromatic carbocycles. The van der Waals surface area contributed by atoms with Crippen LogP contribution in [0.25, 0.3) is 0 Å². The van der Waals surface area contributed by atoms with Crippen LogP contribution in [0.1, 0.15) is 0 Å². The highest BCUT2D eigenvalue weighted by molar-refractivity contribution is 7.99. The normalized spacial score (nSPS) is 10.0. The van der Waals surface area contributed by atoms with Crippen molar-refractivity contribution in [2.24, 2.45) is 5.84 Å². The van der Waals surface area contributed by atoms with Crippen molar-refractivity contribution in [2.75, 3.05) is 12.5 Å². The van der Waals surface area contributed by atoms with Gasteiger partial charge in [-0.3, -0.25) is 0 Å². The Morgan fingerprint density at radius 3 is 2.76 bits per heavy atom. The number of nitrogens with one attached hydrogen (secondary N) is 1. The SMILES string of the molecule is COc1ccccc1Sc1cccc(NN)n1. The maximum atomic E-state index is 5.32. The molecule has 0 amide bonds. The van der Waals surface area contributed by atoms with Crippen molar-refractivity contribution in [2.45, 2.75) is 9.92 Å². The standard InChI is InChI=1S/C12H13N3OS/c1-16-9-5-2-3-6-10(9)17-12-8-4-7-11(14-12)15-13/h2-8H,13H2,1H3,(H,14,15). The number of nitrogens with zero attached hydrogens (tertiary/aromatic N) is 1. The minimum atomic E-state index is 0.643. The summed E-state index contributed by atoms with van der Waals surface area (Å²) in [4.78, 5) is 5.36. The van der Waals surface area contributed by atoms with Crippen LogP contribution in [-0.4, -0.2) is 12.1 Å². The average molecular weight is 247 g/mol. The van der Waals surface area contributed by atoms with E-state index in [-0.39, 0.29) is 0 Å². The summed E-state index contributed by atoms with van der Waals surface area (Å²) in [6, 6.07) is 13.5. The summed E-state index contributed by atoms with van der Waals surface area (Å²) in [6.07, 6.45) is 0. The number of hydrogen-bond donors (Lipinski definition) is 2. The van der Waals surface area contributed by atoms with Crippen LogP contribution in [0.4, 0.5) is 5.82 Å². The van der Waals surface area contributed by atoms with Gasteiger partial charge in [-0.1, -0.05) is 30.0 Å². The highest BCUT2D eigenvalue weighted by Crippen LogP contribution is 2.33. The maximum Gasteiger partial charge on any atom is 0.141 e. The highest BCUT2D eigenvalue weighted by Gasteiger charge is 2.05. The van der Waals surface area contributed by atoms with Gasteiger partial charge in [0.2, 0.25) is 0 Å². The number of hydrazine groups is 1. The lowest BCUT2D eigenvalue weighted by Crippen LogP contribution is -2.08. The number of para-hydroxylation sites is 1. The third kappa shape index (κ3) is 2.89. The lowest BCUT2D eigenvalue weighted by atomic mass is 10.3. The molecule has 1 aromatic heterocycles. The fraction of sp³-hybridized carbons (Fsp3) is 0.0833. The van der Waals surface area contributed by atoms with E-state index in [1.54, 1.807) is 7.11 Å². The molecule has 0 saturated heterocycles. The number of hydrogen-bond acceptors (Lipinski definition) is 5. The van der Waals surface area contributed by atoms with Gasteiger partial charge in [0.05, 0.1) is 12.0 Å². The van der Waals surface area contributed by atoms with Gasteiger partial charge in [-0.25, -0.2) is 10.8 Å². The van der Waals surface area contributed by atoms with Crippen molar-refractivity contribution in [3.63, 3.8) is 0 Å². The van der Waals surface area contributed by atoms with Crippen LogP contribution in [0.5, 0.6) is 5.75 Å². The first-order valence-corrected chi connectivity index (χ1v) is 5.89. The topological polar surface area (TPSA) is 60.2 Å². The zero-order valence-corrected chi connectivity index (χ0v) is 10.2. The minimum Gasteiger partial charge on any atom is -0.496 e. The van der Waals surface area contributed by atoms with Crippen molar-refractivity contribution < 1.29 is 4.74 Å². The first-order chi connectivity index (χ1) is 8.33. The fourth-order valence-electron chi connectivity index (χ4n) is 1.37. The summed E-state index contributed by atoms with van der Waals surface area (Å²) in [5.74, 6) is 6.80. The number of aromatic nitrogens is 1. The van der Waals surface area contributed by atoms with Crippen molar-refractivity contribution in [3.8, 4) is 5.75 Å². The van der Waals surface area contributed by atoms with Crippen LogP contribution in [0.3, 0.4) is 0 Å². The Balaban J connectivity index is 2.24. The molecule has 5 heteroatoms. The molecular weight excluding hydrogens is 234 g/mol. The Morgan fingerprint density at radius 2 is 2.00 bits per heavy atom. The number of pyridine rings is 1. The van der Waals surface area contributed by atoms with E-state index in [1.807, 2.05) is 42.5 Å². The molecule has 3 N–H and O–H groups in total. The van der Waals surface area contributed by atoms with Gasteiger partial charge in [-0.05, 0) is 24.3 Å². The van der Waals surface area contributed by atoms with Gasteiger partial charge in [-0.15, -0.1) is 0 Å². The Morgan fingerprint density at radius 1 is 1.18 bits per heavy atom. The van der Waals surface area contributed by atoms with Crippen LogP contribution in [0.15, 0.2) is 52.4 Å². The van der Waals surface area contributed by atoms with Crippen LogP contribution in [-0.2, 0) is 0 Å². The van der Waals surface area contributed by atoms with Crippen LogP contribution < -0.4 is 16.0 Å². The van der Waals surface area contributed by atoms with E-state index in [1.165, 1.54) is 11.8 Å². The van der Waals surface area contributed by atoms with Gasteiger partial charge in [0.25, 0.3) is 0 Å². The fourth-order valence-corrected chi connectivity index (χ4v) is 2.28. The molecule has 0 aliphatic rings. The average Bonchev–Trinajstić information content (AvgIpc) is 2.39. The quantitative estimate of drug-likeness (QED) is 0.642. The van der Waals surface area contributed by atoms with Gasteiger partial charge in [0.15, 0.2) is 0 Å². The summed E-state index contributed by atoms with van der Waals surface area (Å²) >= 11 is 1.54. The lowest BCUT2D eigenvalue weighted by molar-refractivity contribution is 0.405. The highest BCUT2D eigenvalue weighted by atomic mass is 32.2. The van der Waals surface area contributed by atoms with E-state index in [2.05, 4.69) is 10.4 Å². The van der Waals surface area contributed by atoms with E-state index in [9.17, 15) is 0 Å². The number of rotatable bonds is 4. The summed E-state index contributed by atoms with van der Waals surface area (Å²) < 4.78 is 5.29. The zero-order valence-electron chi connectivity index (χ0n) is 9.38. The van der Waals surface area contributed by atoms with Gasteiger partial charge >= 0.3 is 0 Å². The van der Waals surface area contributed by atoms with E-state index >= 15 is 0 Å². The molecule has 2 rings (SSSR count). The molecule has 0 spiro atoms. The van der Waals surface area contributed by atoms with Crippen molar-refractivity contribution in [1.82, 2.24) is 4.98 Å². The molecule has 0 saturated carbocycles. The lowest BCUT2D eigenvalue weighted by Gasteiger charge is -2.07. The first-order valence-electron chi connectivity index (χ1n) is 5.08. The number of methoxy groups -OCH3 is 1. The minimum absolute atomic E-state index is 0.643. The molecule has 2 aromatic rings. The Labute approximate surface area is 104 Å². The van der Waals surface area contributed by atoms with E-state index < -0.39 is 0 Å². The molecule has 0 bridgehead atoms. The van der Waals surface area contributed by atoms with E-state index in [0.29, 0.717) is 5.82 Å². The molecule has 0 aliphatic carbocycles. The van der Waals surface area contributed by atoms with Crippen LogP contribution in [0.2, 0.25) is 0 Å². The Bertz CT molecular complexity index is 505. The number of nitrogen functional groups attached to an aromatic ring is 1. The van der Waals surface area contributed by atoms with Crippen LogP contribution in [0, 0.1) is 0 Å². The molecule has 0 radical (unpaired) electrons. The molecule has 0 fully saturated rings. The Kier molecular flexibility index (Phi) is 3.85. The van der Waals surface area contributed by atoms with Gasteiger partial charge in [0, 0.05) is 0 Å². The van der Waals surface area contributed by atoms with Crippen molar-refractivity contribution in [3.05, 3.63) is 42.5 Å². The Hall–Kier alpha value is -1.72. The summed E-state index contributed by atoms with van der Waals surface area (Å²) in [5, 5.41) is 0.866. The summed E-state index contributed by atoms with van der Waals surface area (Å²) in [5.41, 5.74) is 2.53. The van der Waals surface area contributed by atoms with Gasteiger partial charge < -0.3 is 10.2 Å². The smallest absolute Gasteiger partial charge is 0.141 e. The number of anilines is 1. The molecule has 0 unspecified atom stereocenters. The second kappa shape index (κ2) is 5.56. The maximum absolute atomic E-state index is 5.32. The second-order valence-electron chi connectivity index (χ2n) is 3.26. The van der Waals surface area contributed by atoms with Crippen LogP contribution >= 0.6 is 11.8 Å². The first kappa shape index (κ1) is 11.8. The predicted molar refractivity (Wildman–Crippen MR) is 69.2 cm³/mol. The molecule has 4 nitrogen and oxygen atoms in total. The third-order valence-corrected chi connectivity index (χ3v) is 3.15. The predicted octanol–water partition coefficient (Wildman–Crippen LogP) is 2.53. The molecular formula is C12H13N3OS. The summed E-state index contributed by atoms with van der Waals surface area (Å²) in [7, 11) is 1.66. The monoisotopic (exact) mass is 247 g/mol.